The smallest absolute Gasteiger partial charge is 0.230 e. The number of hydrogen-bond acceptors (Lipinski definition) is 4. The Labute approximate surface area is 101 Å². The van der Waals surface area contributed by atoms with Gasteiger partial charge in [0.05, 0.1) is 13.0 Å². The zero-order valence-corrected chi connectivity index (χ0v) is 10.2. The molecular weight excluding hydrogens is 214 g/mol. The van der Waals surface area contributed by atoms with Gasteiger partial charge in [-0.25, -0.2) is 0 Å². The lowest BCUT2D eigenvalue weighted by Crippen LogP contribution is -2.21. The molecule has 90 valence electrons. The highest BCUT2D eigenvalue weighted by atomic mass is 16.4. The van der Waals surface area contributed by atoms with Gasteiger partial charge in [-0.1, -0.05) is 44.2 Å². The summed E-state index contributed by atoms with van der Waals surface area (Å²) in [5.74, 6) is 1.31. The van der Waals surface area contributed by atoms with Crippen LogP contribution in [0, 0.1) is 0 Å². The number of hydrogen-bond donors (Lipinski definition) is 1. The molecule has 0 aliphatic carbocycles. The van der Waals surface area contributed by atoms with Gasteiger partial charge >= 0.3 is 0 Å². The highest BCUT2D eigenvalue weighted by Gasteiger charge is 2.06. The topological polar surface area (TPSA) is 51.0 Å². The van der Waals surface area contributed by atoms with E-state index < -0.39 is 0 Å². The zero-order valence-electron chi connectivity index (χ0n) is 10.2. The van der Waals surface area contributed by atoms with Crippen molar-refractivity contribution in [3.05, 3.63) is 47.7 Å². The first kappa shape index (κ1) is 11.8. The number of nitrogens with zero attached hydrogens (tertiary/aromatic N) is 2. The largest absolute Gasteiger partial charge is 0.424 e. The maximum atomic E-state index is 5.55. The van der Waals surface area contributed by atoms with Crippen molar-refractivity contribution in [1.29, 1.82) is 0 Å². The summed E-state index contributed by atoms with van der Waals surface area (Å²) in [6.07, 6.45) is 0.690. The molecule has 0 atom stereocenters. The van der Waals surface area contributed by atoms with Crippen LogP contribution in [0.15, 0.2) is 34.7 Å². The summed E-state index contributed by atoms with van der Waals surface area (Å²) in [4.78, 5) is 0. The van der Waals surface area contributed by atoms with E-state index in [2.05, 4.69) is 41.5 Å². The first-order chi connectivity index (χ1) is 8.24. The summed E-state index contributed by atoms with van der Waals surface area (Å²) in [7, 11) is 0. The van der Waals surface area contributed by atoms with Crippen LogP contribution in [0.25, 0.3) is 0 Å². The Bertz CT molecular complexity index is 451. The second-order valence-electron chi connectivity index (χ2n) is 4.29. The molecule has 4 heteroatoms. The van der Waals surface area contributed by atoms with Crippen LogP contribution in [0.3, 0.4) is 0 Å². The van der Waals surface area contributed by atoms with Crippen molar-refractivity contribution in [1.82, 2.24) is 15.5 Å². The number of rotatable bonds is 5. The minimum Gasteiger partial charge on any atom is -0.424 e. The quantitative estimate of drug-likeness (QED) is 0.856. The number of aromatic nitrogens is 2. The third-order valence-corrected chi connectivity index (χ3v) is 2.37. The van der Waals surface area contributed by atoms with E-state index in [1.54, 1.807) is 0 Å². The van der Waals surface area contributed by atoms with Crippen molar-refractivity contribution in [2.75, 3.05) is 0 Å². The molecule has 1 aromatic carbocycles. The average Bonchev–Trinajstić information content (AvgIpc) is 2.75. The first-order valence-electron chi connectivity index (χ1n) is 5.82. The molecule has 0 amide bonds. The molecule has 0 aliphatic heterocycles. The fraction of sp³-hybridized carbons (Fsp3) is 0.385. The van der Waals surface area contributed by atoms with Gasteiger partial charge in [-0.15, -0.1) is 10.2 Å². The van der Waals surface area contributed by atoms with Crippen LogP contribution in [-0.4, -0.2) is 16.2 Å². The van der Waals surface area contributed by atoms with Gasteiger partial charge in [0.25, 0.3) is 0 Å². The molecule has 0 fully saturated rings. The Morgan fingerprint density at radius 1 is 1.12 bits per heavy atom. The van der Waals surface area contributed by atoms with Crippen LogP contribution >= 0.6 is 0 Å². The van der Waals surface area contributed by atoms with Crippen LogP contribution in [-0.2, 0) is 13.0 Å². The SMILES string of the molecule is CC(C)NCc1nnc(Cc2ccccc2)o1. The van der Waals surface area contributed by atoms with Gasteiger partial charge in [-0.3, -0.25) is 0 Å². The molecule has 0 radical (unpaired) electrons. The Hall–Kier alpha value is -1.68. The second-order valence-corrected chi connectivity index (χ2v) is 4.29. The van der Waals surface area contributed by atoms with Crippen molar-refractivity contribution in [3.8, 4) is 0 Å². The van der Waals surface area contributed by atoms with Crippen LogP contribution in [0.2, 0.25) is 0 Å². The van der Waals surface area contributed by atoms with Crippen LogP contribution < -0.4 is 5.32 Å². The van der Waals surface area contributed by atoms with Gasteiger partial charge in [0.15, 0.2) is 0 Å². The molecule has 0 aliphatic rings. The van der Waals surface area contributed by atoms with Gasteiger partial charge < -0.3 is 9.73 Å². The maximum Gasteiger partial charge on any atom is 0.230 e. The predicted molar refractivity (Wildman–Crippen MR) is 65.5 cm³/mol. The van der Waals surface area contributed by atoms with Gasteiger partial charge in [0.1, 0.15) is 0 Å². The van der Waals surface area contributed by atoms with Crippen LogP contribution in [0.1, 0.15) is 31.2 Å². The van der Waals surface area contributed by atoms with Crippen LogP contribution in [0.5, 0.6) is 0 Å². The van der Waals surface area contributed by atoms with E-state index in [4.69, 9.17) is 4.42 Å². The van der Waals surface area contributed by atoms with Gasteiger partial charge in [0.2, 0.25) is 11.8 Å². The van der Waals surface area contributed by atoms with E-state index in [1.165, 1.54) is 5.56 Å². The van der Waals surface area contributed by atoms with Crippen molar-refractivity contribution in [3.63, 3.8) is 0 Å². The summed E-state index contributed by atoms with van der Waals surface area (Å²) >= 11 is 0. The molecule has 1 heterocycles. The van der Waals surface area contributed by atoms with Crippen molar-refractivity contribution in [2.24, 2.45) is 0 Å². The fourth-order valence-electron chi connectivity index (χ4n) is 1.49. The van der Waals surface area contributed by atoms with Crippen molar-refractivity contribution < 1.29 is 4.42 Å². The molecule has 4 nitrogen and oxygen atoms in total. The van der Waals surface area contributed by atoms with Crippen LogP contribution in [0.4, 0.5) is 0 Å². The highest BCUT2D eigenvalue weighted by molar-refractivity contribution is 5.17. The van der Waals surface area contributed by atoms with Crippen molar-refractivity contribution >= 4 is 0 Å². The molecule has 2 rings (SSSR count). The van der Waals surface area contributed by atoms with E-state index in [1.807, 2.05) is 18.2 Å². The molecule has 0 spiro atoms. The van der Waals surface area contributed by atoms with Crippen molar-refractivity contribution in [2.45, 2.75) is 32.9 Å². The predicted octanol–water partition coefficient (Wildman–Crippen LogP) is 2.16. The fourth-order valence-corrected chi connectivity index (χ4v) is 1.49. The Morgan fingerprint density at radius 3 is 2.53 bits per heavy atom. The Balaban J connectivity index is 1.94. The van der Waals surface area contributed by atoms with E-state index >= 15 is 0 Å². The summed E-state index contributed by atoms with van der Waals surface area (Å²) in [6.45, 7) is 4.79. The molecule has 0 unspecified atom stereocenters. The number of nitrogens with one attached hydrogen (secondary N) is 1. The lowest BCUT2D eigenvalue weighted by molar-refractivity contribution is 0.427. The molecule has 0 saturated carbocycles. The molecule has 0 bridgehead atoms. The van der Waals surface area contributed by atoms with Gasteiger partial charge in [0, 0.05) is 6.04 Å². The van der Waals surface area contributed by atoms with E-state index in [9.17, 15) is 0 Å². The minimum absolute atomic E-state index is 0.416. The molecular formula is C13H17N3O. The highest BCUT2D eigenvalue weighted by Crippen LogP contribution is 2.08. The Kier molecular flexibility index (Phi) is 3.88. The summed E-state index contributed by atoms with van der Waals surface area (Å²) in [5.41, 5.74) is 1.18. The zero-order chi connectivity index (χ0) is 12.1. The number of benzene rings is 1. The molecule has 1 aromatic heterocycles. The molecule has 1 N–H and O–H groups in total. The lowest BCUT2D eigenvalue weighted by atomic mass is 10.2. The third kappa shape index (κ3) is 3.67. The normalized spacial score (nSPS) is 11.0. The summed E-state index contributed by atoms with van der Waals surface area (Å²) in [5, 5.41) is 11.3. The van der Waals surface area contributed by atoms with Gasteiger partial charge in [-0.05, 0) is 5.56 Å². The Morgan fingerprint density at radius 2 is 1.82 bits per heavy atom. The monoisotopic (exact) mass is 231 g/mol. The molecule has 0 saturated heterocycles. The molecule has 17 heavy (non-hydrogen) atoms. The molecule has 2 aromatic rings. The first-order valence-corrected chi connectivity index (χ1v) is 5.82. The third-order valence-electron chi connectivity index (χ3n) is 2.37. The summed E-state index contributed by atoms with van der Waals surface area (Å²) < 4.78 is 5.55. The summed E-state index contributed by atoms with van der Waals surface area (Å²) in [6, 6.07) is 10.5. The second kappa shape index (κ2) is 5.59. The maximum absolute atomic E-state index is 5.55. The van der Waals surface area contributed by atoms with E-state index in [-0.39, 0.29) is 0 Å². The standard InChI is InChI=1S/C13H17N3O/c1-10(2)14-9-13-16-15-12(17-13)8-11-6-4-3-5-7-11/h3-7,10,14H,8-9H2,1-2H3. The van der Waals surface area contributed by atoms with E-state index in [0.29, 0.717) is 30.8 Å². The lowest BCUT2D eigenvalue weighted by Gasteiger charge is -2.03. The minimum atomic E-state index is 0.416. The van der Waals surface area contributed by atoms with E-state index in [0.717, 1.165) is 0 Å². The van der Waals surface area contributed by atoms with Gasteiger partial charge in [-0.2, -0.15) is 0 Å². The average molecular weight is 231 g/mol.